The Morgan fingerprint density at radius 2 is 1.88 bits per heavy atom. The molecule has 0 saturated carbocycles. The summed E-state index contributed by atoms with van der Waals surface area (Å²) in [4.78, 5) is 26.7. The third-order valence-corrected chi connectivity index (χ3v) is 4.18. The largest absolute Gasteiger partial charge is 0.417 e. The van der Waals surface area contributed by atoms with Crippen molar-refractivity contribution in [2.45, 2.75) is 12.7 Å². The van der Waals surface area contributed by atoms with Crippen LogP contribution in [0, 0.1) is 0 Å². The van der Waals surface area contributed by atoms with E-state index in [9.17, 15) is 22.8 Å². The zero-order chi connectivity index (χ0) is 18.9. The topological polar surface area (TPSA) is 62.0 Å². The highest BCUT2D eigenvalue weighted by Crippen LogP contribution is 2.35. The highest BCUT2D eigenvalue weighted by molar-refractivity contribution is 6.31. The minimum Gasteiger partial charge on any atom is -0.348 e. The SMILES string of the molecule is O=C(NCc1ccc(Cl)c(C(F)(F)F)c1)c1cccc2c(=O)[nH]ccc12. The smallest absolute Gasteiger partial charge is 0.348 e. The van der Waals surface area contributed by atoms with Gasteiger partial charge in [-0.2, -0.15) is 13.2 Å². The number of hydrogen-bond acceptors (Lipinski definition) is 2. The first-order valence-corrected chi connectivity index (χ1v) is 7.89. The molecule has 0 spiro atoms. The first kappa shape index (κ1) is 18.0. The minimum atomic E-state index is -4.58. The van der Waals surface area contributed by atoms with Gasteiger partial charge < -0.3 is 10.3 Å². The molecule has 0 aliphatic heterocycles. The van der Waals surface area contributed by atoms with Crippen LogP contribution in [0.3, 0.4) is 0 Å². The van der Waals surface area contributed by atoms with Crippen molar-refractivity contribution in [3.63, 3.8) is 0 Å². The van der Waals surface area contributed by atoms with Gasteiger partial charge in [0.25, 0.3) is 11.5 Å². The van der Waals surface area contributed by atoms with Crippen LogP contribution >= 0.6 is 11.6 Å². The maximum absolute atomic E-state index is 12.9. The lowest BCUT2D eigenvalue weighted by Gasteiger charge is -2.12. The number of aromatic amines is 1. The van der Waals surface area contributed by atoms with E-state index in [-0.39, 0.29) is 23.2 Å². The van der Waals surface area contributed by atoms with Crippen LogP contribution in [0.2, 0.25) is 5.02 Å². The number of pyridine rings is 1. The Morgan fingerprint density at radius 3 is 2.62 bits per heavy atom. The predicted molar refractivity (Wildman–Crippen MR) is 92.2 cm³/mol. The van der Waals surface area contributed by atoms with Crippen LogP contribution in [0.5, 0.6) is 0 Å². The molecule has 3 aromatic rings. The summed E-state index contributed by atoms with van der Waals surface area (Å²) in [6.07, 6.45) is -3.15. The number of alkyl halides is 3. The monoisotopic (exact) mass is 380 g/mol. The summed E-state index contributed by atoms with van der Waals surface area (Å²) >= 11 is 5.58. The molecular formula is C18H12ClF3N2O2. The molecule has 0 fully saturated rings. The summed E-state index contributed by atoms with van der Waals surface area (Å²) in [5.74, 6) is -0.496. The number of rotatable bonds is 3. The maximum atomic E-state index is 12.9. The van der Waals surface area contributed by atoms with Crippen LogP contribution in [0.4, 0.5) is 13.2 Å². The number of amides is 1. The summed E-state index contributed by atoms with van der Waals surface area (Å²) in [6.45, 7) is -0.112. The van der Waals surface area contributed by atoms with Gasteiger partial charge in [-0.1, -0.05) is 23.7 Å². The van der Waals surface area contributed by atoms with E-state index < -0.39 is 22.7 Å². The molecule has 134 valence electrons. The quantitative estimate of drug-likeness (QED) is 0.717. The van der Waals surface area contributed by atoms with Gasteiger partial charge in [0, 0.05) is 29.1 Å². The molecule has 0 radical (unpaired) electrons. The van der Waals surface area contributed by atoms with Crippen molar-refractivity contribution < 1.29 is 18.0 Å². The van der Waals surface area contributed by atoms with E-state index in [2.05, 4.69) is 10.3 Å². The fourth-order valence-corrected chi connectivity index (χ4v) is 2.82. The standard InChI is InChI=1S/C18H12ClF3N2O2/c19-15-5-4-10(8-14(15)18(20,21)22)9-24-17(26)13-3-1-2-12-11(13)6-7-23-16(12)25/h1-8H,9H2,(H,23,25)(H,24,26). The Hall–Kier alpha value is -2.80. The third-order valence-electron chi connectivity index (χ3n) is 3.85. The van der Waals surface area contributed by atoms with Gasteiger partial charge in [0.05, 0.1) is 10.6 Å². The number of H-pyrrole nitrogens is 1. The highest BCUT2D eigenvalue weighted by atomic mass is 35.5. The molecule has 1 aromatic heterocycles. The molecule has 0 saturated heterocycles. The number of carbonyl (C=O) groups excluding carboxylic acids is 1. The minimum absolute atomic E-state index is 0.112. The van der Waals surface area contributed by atoms with Crippen LogP contribution in [0.1, 0.15) is 21.5 Å². The van der Waals surface area contributed by atoms with Crippen molar-refractivity contribution in [1.82, 2.24) is 10.3 Å². The number of aromatic nitrogens is 1. The summed E-state index contributed by atoms with van der Waals surface area (Å²) in [7, 11) is 0. The Morgan fingerprint density at radius 1 is 1.12 bits per heavy atom. The molecule has 0 bridgehead atoms. The van der Waals surface area contributed by atoms with Crippen LogP contribution in [0.15, 0.2) is 53.5 Å². The molecule has 2 N–H and O–H groups in total. The van der Waals surface area contributed by atoms with Crippen molar-refractivity contribution in [2.75, 3.05) is 0 Å². The number of benzene rings is 2. The fraction of sp³-hybridized carbons (Fsp3) is 0.111. The highest BCUT2D eigenvalue weighted by Gasteiger charge is 2.33. The first-order valence-electron chi connectivity index (χ1n) is 7.51. The molecule has 0 unspecified atom stereocenters. The summed E-state index contributed by atoms with van der Waals surface area (Å²) in [5.41, 5.74) is -0.765. The Kier molecular flexibility index (Phi) is 4.73. The zero-order valence-corrected chi connectivity index (χ0v) is 13.9. The van der Waals surface area contributed by atoms with Crippen molar-refractivity contribution in [1.29, 1.82) is 0 Å². The van der Waals surface area contributed by atoms with E-state index in [4.69, 9.17) is 11.6 Å². The average Bonchev–Trinajstić information content (AvgIpc) is 2.59. The molecule has 0 aliphatic carbocycles. The van der Waals surface area contributed by atoms with Crippen molar-refractivity contribution in [2.24, 2.45) is 0 Å². The lowest BCUT2D eigenvalue weighted by atomic mass is 10.1. The van der Waals surface area contributed by atoms with E-state index in [1.54, 1.807) is 24.3 Å². The predicted octanol–water partition coefficient (Wildman–Crippen LogP) is 4.13. The number of carbonyl (C=O) groups is 1. The van der Waals surface area contributed by atoms with E-state index in [0.717, 1.165) is 12.1 Å². The lowest BCUT2D eigenvalue weighted by molar-refractivity contribution is -0.137. The molecule has 26 heavy (non-hydrogen) atoms. The van der Waals surface area contributed by atoms with E-state index in [0.29, 0.717) is 10.8 Å². The number of fused-ring (bicyclic) bond motifs is 1. The molecule has 1 amide bonds. The van der Waals surface area contributed by atoms with Crippen LogP contribution < -0.4 is 10.9 Å². The summed E-state index contributed by atoms with van der Waals surface area (Å²) in [5, 5.41) is 2.97. The van der Waals surface area contributed by atoms with Crippen molar-refractivity contribution in [3.8, 4) is 0 Å². The van der Waals surface area contributed by atoms with E-state index in [1.807, 2.05) is 0 Å². The molecule has 0 atom stereocenters. The lowest BCUT2D eigenvalue weighted by Crippen LogP contribution is -2.23. The Labute approximate surface area is 150 Å². The van der Waals surface area contributed by atoms with E-state index >= 15 is 0 Å². The molecule has 4 nitrogen and oxygen atoms in total. The molecule has 8 heteroatoms. The van der Waals surface area contributed by atoms with Gasteiger partial charge in [0.2, 0.25) is 0 Å². The molecule has 3 rings (SSSR count). The molecule has 1 heterocycles. The normalized spacial score (nSPS) is 11.5. The van der Waals surface area contributed by atoms with Gasteiger partial charge in [-0.25, -0.2) is 0 Å². The summed E-state index contributed by atoms with van der Waals surface area (Å²) in [6, 6.07) is 9.73. The zero-order valence-electron chi connectivity index (χ0n) is 13.2. The van der Waals surface area contributed by atoms with Crippen LogP contribution in [-0.4, -0.2) is 10.9 Å². The van der Waals surface area contributed by atoms with Gasteiger partial charge in [0.1, 0.15) is 0 Å². The average molecular weight is 381 g/mol. The maximum Gasteiger partial charge on any atom is 0.417 e. The second-order valence-corrected chi connectivity index (χ2v) is 5.98. The van der Waals surface area contributed by atoms with Crippen molar-refractivity contribution in [3.05, 3.63) is 80.7 Å². The van der Waals surface area contributed by atoms with Gasteiger partial charge >= 0.3 is 6.18 Å². The number of halogens is 4. The Balaban J connectivity index is 1.85. The van der Waals surface area contributed by atoms with Gasteiger partial charge in [-0.3, -0.25) is 9.59 Å². The van der Waals surface area contributed by atoms with Gasteiger partial charge in [-0.15, -0.1) is 0 Å². The van der Waals surface area contributed by atoms with E-state index in [1.165, 1.54) is 12.3 Å². The fourth-order valence-electron chi connectivity index (χ4n) is 2.60. The van der Waals surface area contributed by atoms with Crippen LogP contribution in [0.25, 0.3) is 10.8 Å². The Bertz CT molecular complexity index is 1040. The summed E-state index contributed by atoms with van der Waals surface area (Å²) < 4.78 is 38.7. The van der Waals surface area contributed by atoms with Crippen LogP contribution in [-0.2, 0) is 12.7 Å². The third kappa shape index (κ3) is 3.57. The van der Waals surface area contributed by atoms with Crippen molar-refractivity contribution >= 4 is 28.3 Å². The second-order valence-electron chi connectivity index (χ2n) is 5.57. The number of nitrogens with one attached hydrogen (secondary N) is 2. The first-order chi connectivity index (χ1) is 12.3. The molecule has 2 aromatic carbocycles. The number of hydrogen-bond donors (Lipinski definition) is 2. The molecule has 0 aliphatic rings. The van der Waals surface area contributed by atoms with Gasteiger partial charge in [0.15, 0.2) is 0 Å². The second kappa shape index (κ2) is 6.84. The van der Waals surface area contributed by atoms with Gasteiger partial charge in [-0.05, 0) is 35.9 Å². The molecular weight excluding hydrogens is 369 g/mol.